The Morgan fingerprint density at radius 1 is 1.03 bits per heavy atom. The molecule has 172 valence electrons. The summed E-state index contributed by atoms with van der Waals surface area (Å²) in [6, 6.07) is 17.3. The number of carbonyl (C=O) groups is 1. The number of nitrogens with zero attached hydrogens (tertiary/aromatic N) is 3. The van der Waals surface area contributed by atoms with Crippen LogP contribution in [0.5, 0.6) is 5.75 Å². The van der Waals surface area contributed by atoms with Gasteiger partial charge >= 0.3 is 0 Å². The maximum Gasteiger partial charge on any atom is 0.254 e. The summed E-state index contributed by atoms with van der Waals surface area (Å²) >= 11 is 0. The highest BCUT2D eigenvalue weighted by Gasteiger charge is 2.34. The molecule has 0 unspecified atom stereocenters. The first-order valence-corrected chi connectivity index (χ1v) is 13.0. The number of sulfone groups is 1. The molecule has 1 aromatic heterocycles. The molecule has 0 N–H and O–H groups in total. The number of methoxy groups -OCH3 is 1. The second-order valence-corrected chi connectivity index (χ2v) is 10.9. The van der Waals surface area contributed by atoms with Crippen LogP contribution in [0.4, 0.5) is 0 Å². The fourth-order valence-corrected chi connectivity index (χ4v) is 6.55. The summed E-state index contributed by atoms with van der Waals surface area (Å²) in [5, 5.41) is 0.837. The second-order valence-electron chi connectivity index (χ2n) is 8.69. The summed E-state index contributed by atoms with van der Waals surface area (Å²) in [7, 11) is -1.28. The van der Waals surface area contributed by atoms with Gasteiger partial charge in [0.25, 0.3) is 5.91 Å². The zero-order valence-corrected chi connectivity index (χ0v) is 19.4. The number of pyridine rings is 1. The highest BCUT2D eigenvalue weighted by Crippen LogP contribution is 2.28. The smallest absolute Gasteiger partial charge is 0.254 e. The van der Waals surface area contributed by atoms with Crippen molar-refractivity contribution in [2.45, 2.75) is 12.5 Å². The summed E-state index contributed by atoms with van der Waals surface area (Å²) in [6.07, 6.45) is 0.691. The van der Waals surface area contributed by atoms with Crippen molar-refractivity contribution in [1.29, 1.82) is 0 Å². The number of amides is 1. The quantitative estimate of drug-likeness (QED) is 0.590. The Hall–Kier alpha value is -2.97. The molecule has 0 saturated carbocycles. The Labute approximate surface area is 193 Å². The summed E-state index contributed by atoms with van der Waals surface area (Å²) in [5.74, 6) is 1.26. The van der Waals surface area contributed by atoms with Gasteiger partial charge in [-0.25, -0.2) is 13.4 Å². The molecule has 2 fully saturated rings. The number of carbonyl (C=O) groups excluding carboxylic acids is 1. The van der Waals surface area contributed by atoms with Crippen LogP contribution in [0, 0.1) is 0 Å². The average molecular weight is 466 g/mol. The van der Waals surface area contributed by atoms with Crippen LogP contribution >= 0.6 is 0 Å². The van der Waals surface area contributed by atoms with Gasteiger partial charge in [0, 0.05) is 43.2 Å². The van der Waals surface area contributed by atoms with E-state index < -0.39 is 9.84 Å². The van der Waals surface area contributed by atoms with Crippen LogP contribution in [0.2, 0.25) is 0 Å². The van der Waals surface area contributed by atoms with E-state index in [2.05, 4.69) is 4.90 Å². The van der Waals surface area contributed by atoms with E-state index in [0.29, 0.717) is 38.2 Å². The molecular weight excluding hydrogens is 438 g/mol. The van der Waals surface area contributed by atoms with E-state index >= 15 is 0 Å². The molecule has 1 amide bonds. The normalized spacial score (nSPS) is 20.8. The monoisotopic (exact) mass is 465 g/mol. The molecule has 2 aliphatic heterocycles. The molecule has 8 heteroatoms. The molecule has 1 atom stereocenters. The molecule has 0 spiro atoms. The van der Waals surface area contributed by atoms with Crippen LogP contribution in [-0.2, 0) is 9.84 Å². The zero-order chi connectivity index (χ0) is 23.0. The minimum atomic E-state index is -2.91. The Kier molecular flexibility index (Phi) is 5.80. The van der Waals surface area contributed by atoms with Crippen molar-refractivity contribution in [3.05, 3.63) is 60.2 Å². The van der Waals surface area contributed by atoms with Crippen molar-refractivity contribution in [3.8, 4) is 17.0 Å². The van der Waals surface area contributed by atoms with Crippen LogP contribution < -0.4 is 4.74 Å². The van der Waals surface area contributed by atoms with Gasteiger partial charge in [-0.05, 0) is 42.8 Å². The van der Waals surface area contributed by atoms with Gasteiger partial charge in [-0.2, -0.15) is 0 Å². The predicted molar refractivity (Wildman–Crippen MR) is 128 cm³/mol. The SMILES string of the molecule is COc1ccc(-c2cc(C(=O)N3CCN([C@H]4CCS(=O)(=O)C4)CC3)c3ccccc3n2)cc1. The van der Waals surface area contributed by atoms with Crippen molar-refractivity contribution in [1.82, 2.24) is 14.8 Å². The van der Waals surface area contributed by atoms with E-state index in [1.54, 1.807) is 7.11 Å². The number of benzene rings is 2. The minimum Gasteiger partial charge on any atom is -0.497 e. The van der Waals surface area contributed by atoms with Crippen molar-refractivity contribution >= 4 is 26.6 Å². The van der Waals surface area contributed by atoms with Gasteiger partial charge in [0.1, 0.15) is 5.75 Å². The average Bonchev–Trinajstić information content (AvgIpc) is 3.22. The van der Waals surface area contributed by atoms with Crippen LogP contribution in [0.3, 0.4) is 0 Å². The van der Waals surface area contributed by atoms with Gasteiger partial charge in [-0.3, -0.25) is 9.69 Å². The van der Waals surface area contributed by atoms with Gasteiger partial charge < -0.3 is 9.64 Å². The molecule has 0 bridgehead atoms. The topological polar surface area (TPSA) is 79.8 Å². The van der Waals surface area contributed by atoms with Crippen molar-refractivity contribution < 1.29 is 17.9 Å². The van der Waals surface area contributed by atoms with Crippen LogP contribution in [-0.4, -0.2) is 79.9 Å². The number of aromatic nitrogens is 1. The lowest BCUT2D eigenvalue weighted by Crippen LogP contribution is -2.52. The summed E-state index contributed by atoms with van der Waals surface area (Å²) < 4.78 is 28.9. The fourth-order valence-electron chi connectivity index (χ4n) is 4.79. The molecule has 3 aromatic rings. The fraction of sp³-hybridized carbons (Fsp3) is 0.360. The number of rotatable bonds is 4. The van der Waals surface area contributed by atoms with Crippen molar-refractivity contribution in [3.63, 3.8) is 0 Å². The number of hydrogen-bond acceptors (Lipinski definition) is 6. The maximum atomic E-state index is 13.6. The Bertz CT molecular complexity index is 1280. The first kappa shape index (κ1) is 21.9. The second kappa shape index (κ2) is 8.76. The largest absolute Gasteiger partial charge is 0.497 e. The van der Waals surface area contributed by atoms with E-state index in [1.807, 2.05) is 59.5 Å². The lowest BCUT2D eigenvalue weighted by molar-refractivity contribution is 0.0589. The highest BCUT2D eigenvalue weighted by atomic mass is 32.2. The van der Waals surface area contributed by atoms with Crippen molar-refractivity contribution in [2.75, 3.05) is 44.8 Å². The Balaban J connectivity index is 1.40. The number of ether oxygens (including phenoxy) is 1. The lowest BCUT2D eigenvalue weighted by Gasteiger charge is -2.37. The van der Waals surface area contributed by atoms with Gasteiger partial charge in [-0.1, -0.05) is 18.2 Å². The summed E-state index contributed by atoms with van der Waals surface area (Å²) in [6.45, 7) is 2.56. The number of hydrogen-bond donors (Lipinski definition) is 0. The molecule has 2 aromatic carbocycles. The van der Waals surface area contributed by atoms with E-state index in [-0.39, 0.29) is 23.5 Å². The minimum absolute atomic E-state index is 0.0120. The number of para-hydroxylation sites is 1. The molecule has 7 nitrogen and oxygen atoms in total. The Morgan fingerprint density at radius 2 is 1.76 bits per heavy atom. The number of piperazine rings is 1. The van der Waals surface area contributed by atoms with E-state index in [9.17, 15) is 13.2 Å². The predicted octanol–water partition coefficient (Wildman–Crippen LogP) is 2.86. The molecule has 33 heavy (non-hydrogen) atoms. The third-order valence-corrected chi connectivity index (χ3v) is 8.41. The van der Waals surface area contributed by atoms with Gasteiger partial charge in [0.05, 0.1) is 35.4 Å². The van der Waals surface area contributed by atoms with Crippen LogP contribution in [0.1, 0.15) is 16.8 Å². The third-order valence-electron chi connectivity index (χ3n) is 6.66. The molecule has 2 aliphatic rings. The van der Waals surface area contributed by atoms with Gasteiger partial charge in [0.2, 0.25) is 0 Å². The molecular formula is C25H27N3O4S. The van der Waals surface area contributed by atoms with E-state index in [4.69, 9.17) is 9.72 Å². The van der Waals surface area contributed by atoms with Gasteiger partial charge in [0.15, 0.2) is 9.84 Å². The maximum absolute atomic E-state index is 13.6. The molecule has 0 radical (unpaired) electrons. The van der Waals surface area contributed by atoms with E-state index in [0.717, 1.165) is 27.9 Å². The molecule has 3 heterocycles. The first-order valence-electron chi connectivity index (χ1n) is 11.2. The highest BCUT2D eigenvalue weighted by molar-refractivity contribution is 7.91. The molecule has 5 rings (SSSR count). The van der Waals surface area contributed by atoms with Crippen molar-refractivity contribution in [2.24, 2.45) is 0 Å². The standard InChI is InChI=1S/C25H27N3O4S/c1-32-20-8-6-18(7-9-20)24-16-22(21-4-2-3-5-23(21)26-24)25(29)28-13-11-27(12-14-28)19-10-15-33(30,31)17-19/h2-9,16,19H,10-15,17H2,1H3/t19-/m0/s1. The van der Waals surface area contributed by atoms with E-state index in [1.165, 1.54) is 0 Å². The Morgan fingerprint density at radius 3 is 2.42 bits per heavy atom. The molecule has 2 saturated heterocycles. The first-order chi connectivity index (χ1) is 15.9. The lowest BCUT2D eigenvalue weighted by atomic mass is 10.0. The zero-order valence-electron chi connectivity index (χ0n) is 18.6. The number of fused-ring (bicyclic) bond motifs is 1. The summed E-state index contributed by atoms with van der Waals surface area (Å²) in [5.41, 5.74) is 3.09. The van der Waals surface area contributed by atoms with Gasteiger partial charge in [-0.15, -0.1) is 0 Å². The van der Waals surface area contributed by atoms with Crippen LogP contribution in [0.25, 0.3) is 22.2 Å². The van der Waals surface area contributed by atoms with Crippen LogP contribution in [0.15, 0.2) is 54.6 Å². The summed E-state index contributed by atoms with van der Waals surface area (Å²) in [4.78, 5) is 22.5. The molecule has 0 aliphatic carbocycles. The third kappa shape index (κ3) is 4.45.